The highest BCUT2D eigenvalue weighted by atomic mass is 16.4. The van der Waals surface area contributed by atoms with Crippen molar-refractivity contribution in [1.82, 2.24) is 0 Å². The second-order valence-electron chi connectivity index (χ2n) is 5.44. The fraction of sp³-hybridized carbons (Fsp3) is 0.929. The molecule has 0 aliphatic carbocycles. The van der Waals surface area contributed by atoms with Gasteiger partial charge in [-0.3, -0.25) is 4.79 Å². The first-order chi connectivity index (χ1) is 7.96. The second-order valence-corrected chi connectivity index (χ2v) is 5.44. The van der Waals surface area contributed by atoms with Gasteiger partial charge < -0.3 is 10.2 Å². The number of carboxylic acids is 1. The first kappa shape index (κ1) is 16.4. The highest BCUT2D eigenvalue weighted by molar-refractivity contribution is 5.74. The zero-order valence-electron chi connectivity index (χ0n) is 11.5. The van der Waals surface area contributed by atoms with Crippen molar-refractivity contribution < 1.29 is 15.0 Å². The molecule has 2 N–H and O–H groups in total. The second kappa shape index (κ2) is 8.51. The van der Waals surface area contributed by atoms with Gasteiger partial charge in [0.15, 0.2) is 0 Å². The van der Waals surface area contributed by atoms with Crippen molar-refractivity contribution in [2.24, 2.45) is 11.3 Å². The molecule has 17 heavy (non-hydrogen) atoms. The Morgan fingerprint density at radius 2 is 1.71 bits per heavy atom. The van der Waals surface area contributed by atoms with Crippen molar-refractivity contribution in [3.05, 3.63) is 0 Å². The van der Waals surface area contributed by atoms with E-state index in [2.05, 4.69) is 6.92 Å². The first-order valence-corrected chi connectivity index (χ1v) is 6.81. The third kappa shape index (κ3) is 6.06. The van der Waals surface area contributed by atoms with E-state index < -0.39 is 11.4 Å². The number of rotatable bonds is 10. The minimum atomic E-state index is -0.760. The van der Waals surface area contributed by atoms with Crippen LogP contribution in [-0.4, -0.2) is 22.8 Å². The zero-order chi connectivity index (χ0) is 13.3. The summed E-state index contributed by atoms with van der Waals surface area (Å²) < 4.78 is 0. The molecule has 0 saturated carbocycles. The van der Waals surface area contributed by atoms with Crippen LogP contribution in [0.1, 0.15) is 65.7 Å². The van der Waals surface area contributed by atoms with Crippen molar-refractivity contribution in [3.8, 4) is 0 Å². The van der Waals surface area contributed by atoms with Crippen molar-refractivity contribution in [2.45, 2.75) is 65.7 Å². The Morgan fingerprint density at radius 3 is 2.18 bits per heavy atom. The molecule has 0 rings (SSSR count). The molecule has 0 bridgehead atoms. The molecule has 0 aromatic carbocycles. The summed E-state index contributed by atoms with van der Waals surface area (Å²) in [5, 5.41) is 18.2. The van der Waals surface area contributed by atoms with E-state index in [1.54, 1.807) is 13.8 Å². The lowest BCUT2D eigenvalue weighted by atomic mass is 9.74. The number of carbonyl (C=O) groups is 1. The van der Waals surface area contributed by atoms with E-state index in [9.17, 15) is 9.90 Å². The summed E-state index contributed by atoms with van der Waals surface area (Å²) in [6, 6.07) is 0. The molecule has 0 fully saturated rings. The Bertz CT molecular complexity index is 212. The number of aliphatic carboxylic acids is 1. The predicted octanol–water partition coefficient (Wildman–Crippen LogP) is 3.46. The van der Waals surface area contributed by atoms with Crippen LogP contribution in [0, 0.1) is 11.3 Å². The van der Waals surface area contributed by atoms with Gasteiger partial charge in [-0.15, -0.1) is 0 Å². The Balaban J connectivity index is 4.11. The first-order valence-electron chi connectivity index (χ1n) is 6.81. The smallest absolute Gasteiger partial charge is 0.309 e. The Labute approximate surface area is 105 Å². The molecule has 102 valence electrons. The summed E-state index contributed by atoms with van der Waals surface area (Å²) in [5.74, 6) is -0.684. The van der Waals surface area contributed by atoms with Gasteiger partial charge in [-0.2, -0.15) is 0 Å². The molecular formula is C14H28O3. The van der Waals surface area contributed by atoms with Crippen molar-refractivity contribution in [2.75, 3.05) is 6.61 Å². The minimum Gasteiger partial charge on any atom is -0.481 e. The molecular weight excluding hydrogens is 216 g/mol. The Hall–Kier alpha value is -0.570. The zero-order valence-corrected chi connectivity index (χ0v) is 11.5. The topological polar surface area (TPSA) is 57.5 Å². The van der Waals surface area contributed by atoms with Gasteiger partial charge in [-0.25, -0.2) is 0 Å². The van der Waals surface area contributed by atoms with E-state index >= 15 is 0 Å². The normalized spacial score (nSPS) is 13.6. The monoisotopic (exact) mass is 244 g/mol. The highest BCUT2D eigenvalue weighted by Gasteiger charge is 2.35. The molecule has 0 aromatic heterocycles. The van der Waals surface area contributed by atoms with Gasteiger partial charge in [0.2, 0.25) is 0 Å². The minimum absolute atomic E-state index is 0.0756. The van der Waals surface area contributed by atoms with Crippen LogP contribution in [-0.2, 0) is 4.79 Å². The van der Waals surface area contributed by atoms with Crippen LogP contribution in [0.25, 0.3) is 0 Å². The lowest BCUT2D eigenvalue weighted by molar-refractivity contribution is -0.150. The summed E-state index contributed by atoms with van der Waals surface area (Å²) in [4.78, 5) is 11.2. The van der Waals surface area contributed by atoms with E-state index in [-0.39, 0.29) is 12.5 Å². The van der Waals surface area contributed by atoms with Crippen molar-refractivity contribution in [1.29, 1.82) is 0 Å². The van der Waals surface area contributed by atoms with Crippen LogP contribution >= 0.6 is 0 Å². The molecule has 0 spiro atoms. The highest BCUT2D eigenvalue weighted by Crippen LogP contribution is 2.33. The van der Waals surface area contributed by atoms with E-state index in [4.69, 9.17) is 5.11 Å². The number of hydrogen-bond donors (Lipinski definition) is 2. The van der Waals surface area contributed by atoms with Crippen LogP contribution in [0.5, 0.6) is 0 Å². The molecule has 0 aliphatic rings. The standard InChI is InChI=1S/C14H28O3/c1-4-5-6-7-8-9-12(10-11-15)14(2,3)13(16)17/h12,15H,4-11H2,1-3H3,(H,16,17). The fourth-order valence-corrected chi connectivity index (χ4v) is 2.19. The predicted molar refractivity (Wildman–Crippen MR) is 70.0 cm³/mol. The summed E-state index contributed by atoms with van der Waals surface area (Å²) >= 11 is 0. The summed E-state index contributed by atoms with van der Waals surface area (Å²) in [6.45, 7) is 5.79. The van der Waals surface area contributed by atoms with E-state index in [1.165, 1.54) is 25.7 Å². The Kier molecular flexibility index (Phi) is 8.23. The molecule has 0 saturated heterocycles. The van der Waals surface area contributed by atoms with Gasteiger partial charge >= 0.3 is 5.97 Å². The molecule has 0 heterocycles. The average molecular weight is 244 g/mol. The number of aliphatic hydroxyl groups is 1. The molecule has 1 atom stereocenters. The van der Waals surface area contributed by atoms with Crippen molar-refractivity contribution >= 4 is 5.97 Å². The van der Waals surface area contributed by atoms with E-state index in [1.807, 2.05) is 0 Å². The van der Waals surface area contributed by atoms with Gasteiger partial charge in [-0.1, -0.05) is 39.0 Å². The average Bonchev–Trinajstić information content (AvgIpc) is 2.27. The van der Waals surface area contributed by atoms with Crippen molar-refractivity contribution in [3.63, 3.8) is 0 Å². The fourth-order valence-electron chi connectivity index (χ4n) is 2.19. The molecule has 1 unspecified atom stereocenters. The van der Waals surface area contributed by atoms with Crippen LogP contribution < -0.4 is 0 Å². The van der Waals surface area contributed by atoms with Gasteiger partial charge in [0, 0.05) is 6.61 Å². The van der Waals surface area contributed by atoms with Crippen LogP contribution in [0.15, 0.2) is 0 Å². The van der Waals surface area contributed by atoms with Gasteiger partial charge in [-0.05, 0) is 32.6 Å². The van der Waals surface area contributed by atoms with Crippen LogP contribution in [0.2, 0.25) is 0 Å². The summed E-state index contributed by atoms with van der Waals surface area (Å²) in [5.41, 5.74) is -0.729. The Morgan fingerprint density at radius 1 is 1.12 bits per heavy atom. The summed E-state index contributed by atoms with van der Waals surface area (Å²) in [7, 11) is 0. The largest absolute Gasteiger partial charge is 0.481 e. The maximum atomic E-state index is 11.2. The maximum Gasteiger partial charge on any atom is 0.309 e. The third-order valence-corrected chi connectivity index (χ3v) is 3.71. The lowest BCUT2D eigenvalue weighted by Gasteiger charge is -2.30. The summed E-state index contributed by atoms with van der Waals surface area (Å²) in [6.07, 6.45) is 7.45. The SMILES string of the molecule is CCCCCCCC(CCO)C(C)(C)C(=O)O. The number of hydrogen-bond acceptors (Lipinski definition) is 2. The molecule has 0 aromatic rings. The molecule has 0 aliphatic heterocycles. The number of carboxylic acid groups (broad SMARTS) is 1. The quantitative estimate of drug-likeness (QED) is 0.579. The van der Waals surface area contributed by atoms with Gasteiger partial charge in [0.05, 0.1) is 5.41 Å². The third-order valence-electron chi connectivity index (χ3n) is 3.71. The molecule has 3 heteroatoms. The van der Waals surface area contributed by atoms with Gasteiger partial charge in [0.25, 0.3) is 0 Å². The van der Waals surface area contributed by atoms with Crippen LogP contribution in [0.3, 0.4) is 0 Å². The van der Waals surface area contributed by atoms with Crippen LogP contribution in [0.4, 0.5) is 0 Å². The molecule has 3 nitrogen and oxygen atoms in total. The maximum absolute atomic E-state index is 11.2. The van der Waals surface area contributed by atoms with E-state index in [0.717, 1.165) is 12.8 Å². The van der Waals surface area contributed by atoms with E-state index in [0.29, 0.717) is 6.42 Å². The molecule has 0 radical (unpaired) electrons. The molecule has 0 amide bonds. The van der Waals surface area contributed by atoms with Gasteiger partial charge in [0.1, 0.15) is 0 Å². The lowest BCUT2D eigenvalue weighted by Crippen LogP contribution is -2.33. The number of aliphatic hydroxyl groups excluding tert-OH is 1. The number of unbranched alkanes of at least 4 members (excludes halogenated alkanes) is 4.